The lowest BCUT2D eigenvalue weighted by Gasteiger charge is -2.18. The first-order valence-corrected chi connectivity index (χ1v) is 8.80. The first-order valence-electron chi connectivity index (χ1n) is 8.80. The van der Waals surface area contributed by atoms with Crippen LogP contribution in [0.15, 0.2) is 53.7 Å². The van der Waals surface area contributed by atoms with Gasteiger partial charge >= 0.3 is 0 Å². The number of nitrogens with one attached hydrogen (secondary N) is 2. The summed E-state index contributed by atoms with van der Waals surface area (Å²) in [6, 6.07) is 14.8. The smallest absolute Gasteiger partial charge is 0.213 e. The Morgan fingerprint density at radius 3 is 2.72 bits per heavy atom. The average molecular weight is 340 g/mol. The minimum absolute atomic E-state index is 0.336. The van der Waals surface area contributed by atoms with Crippen molar-refractivity contribution >= 4 is 5.96 Å². The molecule has 1 aromatic heterocycles. The molecule has 134 valence electrons. The Morgan fingerprint density at radius 1 is 1.20 bits per heavy atom. The zero-order valence-electron chi connectivity index (χ0n) is 15.3. The fourth-order valence-electron chi connectivity index (χ4n) is 2.50. The van der Waals surface area contributed by atoms with E-state index in [1.807, 2.05) is 25.1 Å². The molecule has 0 aliphatic heterocycles. The van der Waals surface area contributed by atoms with Crippen molar-refractivity contribution < 1.29 is 4.74 Å². The van der Waals surface area contributed by atoms with Crippen LogP contribution in [0, 0.1) is 0 Å². The fraction of sp³-hybridized carbons (Fsp3) is 0.400. The molecule has 1 aromatic carbocycles. The van der Waals surface area contributed by atoms with Crippen molar-refractivity contribution in [3.05, 3.63) is 59.8 Å². The van der Waals surface area contributed by atoms with Crippen LogP contribution >= 0.6 is 0 Å². The van der Waals surface area contributed by atoms with Crippen molar-refractivity contribution in [2.24, 2.45) is 4.99 Å². The molecule has 2 N–H and O–H groups in total. The number of guanidine groups is 1. The van der Waals surface area contributed by atoms with E-state index in [1.165, 1.54) is 5.56 Å². The molecule has 0 aliphatic rings. The summed E-state index contributed by atoms with van der Waals surface area (Å²) in [4.78, 5) is 8.49. The van der Waals surface area contributed by atoms with Gasteiger partial charge in [0.1, 0.15) is 0 Å². The van der Waals surface area contributed by atoms with Crippen LogP contribution in [0.25, 0.3) is 0 Å². The van der Waals surface area contributed by atoms with Gasteiger partial charge in [-0.1, -0.05) is 30.3 Å². The Balaban J connectivity index is 1.79. The Bertz CT molecular complexity index is 658. The standard InChI is InChI=1S/C20H28N4O/c1-4-25-19-14-18(12-13-22-19)15-23-20(21-3)24-16(2)10-11-17-8-6-5-7-9-17/h5-9,12-14,16H,4,10-11,15H2,1-3H3,(H2,21,23,24). The molecule has 5 nitrogen and oxygen atoms in total. The Hall–Kier alpha value is -2.56. The summed E-state index contributed by atoms with van der Waals surface area (Å²) in [6.07, 6.45) is 3.86. The molecule has 2 rings (SSSR count). The van der Waals surface area contributed by atoms with Crippen LogP contribution in [-0.4, -0.2) is 30.6 Å². The quantitative estimate of drug-likeness (QED) is 0.572. The molecule has 1 heterocycles. The molecule has 0 fully saturated rings. The molecule has 0 aliphatic carbocycles. The van der Waals surface area contributed by atoms with Crippen molar-refractivity contribution in [3.63, 3.8) is 0 Å². The monoisotopic (exact) mass is 340 g/mol. The van der Waals surface area contributed by atoms with E-state index < -0.39 is 0 Å². The van der Waals surface area contributed by atoms with Crippen LogP contribution < -0.4 is 15.4 Å². The van der Waals surface area contributed by atoms with Gasteiger partial charge in [0.15, 0.2) is 5.96 Å². The number of ether oxygens (including phenoxy) is 1. The zero-order chi connectivity index (χ0) is 17.9. The maximum atomic E-state index is 5.43. The number of nitrogens with zero attached hydrogens (tertiary/aromatic N) is 2. The first kappa shape index (κ1) is 18.8. The van der Waals surface area contributed by atoms with Gasteiger partial charge in [-0.15, -0.1) is 0 Å². The lowest BCUT2D eigenvalue weighted by atomic mass is 10.1. The van der Waals surface area contributed by atoms with Crippen LogP contribution in [-0.2, 0) is 13.0 Å². The molecular formula is C20H28N4O. The predicted molar refractivity (Wildman–Crippen MR) is 103 cm³/mol. The average Bonchev–Trinajstić information content (AvgIpc) is 2.65. The third-order valence-corrected chi connectivity index (χ3v) is 3.87. The molecule has 0 saturated carbocycles. The van der Waals surface area contributed by atoms with E-state index >= 15 is 0 Å². The van der Waals surface area contributed by atoms with Crippen molar-refractivity contribution in [1.82, 2.24) is 15.6 Å². The van der Waals surface area contributed by atoms with Crippen molar-refractivity contribution in [3.8, 4) is 5.88 Å². The minimum atomic E-state index is 0.336. The van der Waals surface area contributed by atoms with Gasteiger partial charge in [0, 0.05) is 31.9 Å². The third-order valence-electron chi connectivity index (χ3n) is 3.87. The molecule has 0 saturated heterocycles. The molecule has 2 aromatic rings. The largest absolute Gasteiger partial charge is 0.478 e. The van der Waals surface area contributed by atoms with E-state index in [0.29, 0.717) is 25.1 Å². The molecule has 1 atom stereocenters. The summed E-state index contributed by atoms with van der Waals surface area (Å²) in [5.74, 6) is 1.45. The van der Waals surface area contributed by atoms with Gasteiger partial charge in [-0.05, 0) is 43.9 Å². The van der Waals surface area contributed by atoms with Gasteiger partial charge in [0.2, 0.25) is 5.88 Å². The zero-order valence-corrected chi connectivity index (χ0v) is 15.3. The van der Waals surface area contributed by atoms with Gasteiger partial charge in [-0.2, -0.15) is 0 Å². The maximum absolute atomic E-state index is 5.43. The number of pyridine rings is 1. The Morgan fingerprint density at radius 2 is 2.00 bits per heavy atom. The molecular weight excluding hydrogens is 312 g/mol. The van der Waals surface area contributed by atoms with Crippen LogP contribution in [0.1, 0.15) is 31.4 Å². The highest BCUT2D eigenvalue weighted by Gasteiger charge is 2.06. The highest BCUT2D eigenvalue weighted by molar-refractivity contribution is 5.79. The van der Waals surface area contributed by atoms with Gasteiger partial charge in [0.05, 0.1) is 6.61 Å². The molecule has 0 spiro atoms. The second-order valence-corrected chi connectivity index (χ2v) is 5.93. The number of aryl methyl sites for hydroxylation is 1. The van der Waals surface area contributed by atoms with E-state index in [9.17, 15) is 0 Å². The number of hydrogen-bond donors (Lipinski definition) is 2. The summed E-state index contributed by atoms with van der Waals surface area (Å²) < 4.78 is 5.43. The summed E-state index contributed by atoms with van der Waals surface area (Å²) >= 11 is 0. The molecule has 5 heteroatoms. The van der Waals surface area contributed by atoms with Crippen LogP contribution in [0.2, 0.25) is 0 Å². The van der Waals surface area contributed by atoms with Crippen LogP contribution in [0.3, 0.4) is 0 Å². The fourth-order valence-corrected chi connectivity index (χ4v) is 2.50. The molecule has 25 heavy (non-hydrogen) atoms. The number of aromatic nitrogens is 1. The topological polar surface area (TPSA) is 58.5 Å². The predicted octanol–water partition coefficient (Wildman–Crippen LogP) is 3.17. The van der Waals surface area contributed by atoms with E-state index in [4.69, 9.17) is 4.74 Å². The highest BCUT2D eigenvalue weighted by Crippen LogP contribution is 2.09. The summed E-state index contributed by atoms with van der Waals surface area (Å²) in [5.41, 5.74) is 2.47. The lowest BCUT2D eigenvalue weighted by molar-refractivity contribution is 0.326. The van der Waals surface area contributed by atoms with Gasteiger partial charge < -0.3 is 15.4 Å². The van der Waals surface area contributed by atoms with Crippen LogP contribution in [0.5, 0.6) is 5.88 Å². The Labute approximate surface area is 150 Å². The second-order valence-electron chi connectivity index (χ2n) is 5.93. The van der Waals surface area contributed by atoms with E-state index in [2.05, 4.69) is 51.8 Å². The summed E-state index contributed by atoms with van der Waals surface area (Å²) in [7, 11) is 1.79. The molecule has 0 amide bonds. The first-order chi connectivity index (χ1) is 12.2. The Kier molecular flexibility index (Phi) is 7.76. The number of rotatable bonds is 8. The van der Waals surface area contributed by atoms with Crippen molar-refractivity contribution in [1.29, 1.82) is 0 Å². The summed E-state index contributed by atoms with van der Waals surface area (Å²) in [5, 5.41) is 6.78. The van der Waals surface area contributed by atoms with Gasteiger partial charge in [0.25, 0.3) is 0 Å². The molecule has 0 bridgehead atoms. The highest BCUT2D eigenvalue weighted by atomic mass is 16.5. The normalized spacial score (nSPS) is 12.5. The lowest BCUT2D eigenvalue weighted by Crippen LogP contribution is -2.42. The van der Waals surface area contributed by atoms with Gasteiger partial charge in [-0.25, -0.2) is 4.98 Å². The number of benzene rings is 1. The third kappa shape index (κ3) is 6.83. The van der Waals surface area contributed by atoms with Crippen LogP contribution in [0.4, 0.5) is 0 Å². The van der Waals surface area contributed by atoms with E-state index in [0.717, 1.165) is 24.4 Å². The van der Waals surface area contributed by atoms with Gasteiger partial charge in [-0.3, -0.25) is 4.99 Å². The molecule has 1 unspecified atom stereocenters. The number of hydrogen-bond acceptors (Lipinski definition) is 3. The SMILES string of the molecule is CCOc1cc(CNC(=NC)NC(C)CCc2ccccc2)ccn1. The molecule has 0 radical (unpaired) electrons. The van der Waals surface area contributed by atoms with Crippen molar-refractivity contribution in [2.45, 2.75) is 39.3 Å². The number of aliphatic imine (C=N–C) groups is 1. The van der Waals surface area contributed by atoms with E-state index in [1.54, 1.807) is 13.2 Å². The summed E-state index contributed by atoms with van der Waals surface area (Å²) in [6.45, 7) is 5.42. The second kappa shape index (κ2) is 10.3. The van der Waals surface area contributed by atoms with Crippen molar-refractivity contribution in [2.75, 3.05) is 13.7 Å². The maximum Gasteiger partial charge on any atom is 0.213 e. The minimum Gasteiger partial charge on any atom is -0.478 e. The van der Waals surface area contributed by atoms with E-state index in [-0.39, 0.29) is 0 Å².